The molecule has 1 rings (SSSR count). The van der Waals surface area contributed by atoms with Gasteiger partial charge in [0.15, 0.2) is 5.60 Å². The third-order valence-corrected chi connectivity index (χ3v) is 2.94. The normalized spacial score (nSPS) is 14.3. The molecule has 1 unspecified atom stereocenters. The number of amides is 1. The van der Waals surface area contributed by atoms with Gasteiger partial charge >= 0.3 is 0 Å². The summed E-state index contributed by atoms with van der Waals surface area (Å²) in [6, 6.07) is 5.70. The number of aliphatic hydroxyl groups is 1. The number of likely N-dealkylation sites (N-methyl/N-ethyl adjacent to an activating group) is 1. The van der Waals surface area contributed by atoms with Crippen molar-refractivity contribution in [2.45, 2.75) is 32.8 Å². The number of aryl methyl sites for hydroxylation is 2. The summed E-state index contributed by atoms with van der Waals surface area (Å²) >= 11 is 0. The fraction of sp³-hybridized carbons (Fsp3) is 0.462. The van der Waals surface area contributed by atoms with E-state index in [4.69, 9.17) is 0 Å². The lowest BCUT2D eigenvalue weighted by molar-refractivity contribution is -0.140. The predicted octanol–water partition coefficient (Wildman–Crippen LogP) is 1.65. The van der Waals surface area contributed by atoms with Crippen molar-refractivity contribution >= 4 is 5.91 Å². The van der Waals surface area contributed by atoms with Gasteiger partial charge in [-0.05, 0) is 31.4 Å². The molecule has 88 valence electrons. The molecule has 0 bridgehead atoms. The summed E-state index contributed by atoms with van der Waals surface area (Å²) in [6.07, 6.45) is 0.358. The van der Waals surface area contributed by atoms with E-state index < -0.39 is 5.60 Å². The van der Waals surface area contributed by atoms with Crippen molar-refractivity contribution in [1.82, 2.24) is 5.32 Å². The van der Waals surface area contributed by atoms with E-state index in [0.717, 1.165) is 11.1 Å². The molecule has 1 amide bonds. The molecule has 0 heterocycles. The average Bonchev–Trinajstić information content (AvgIpc) is 2.27. The number of nitrogens with one attached hydrogen (secondary N) is 1. The minimum atomic E-state index is -1.42. The van der Waals surface area contributed by atoms with E-state index in [1.54, 1.807) is 6.92 Å². The zero-order chi connectivity index (χ0) is 12.3. The molecule has 3 nitrogen and oxygen atoms in total. The Hall–Kier alpha value is -1.35. The van der Waals surface area contributed by atoms with Crippen LogP contribution in [0.5, 0.6) is 0 Å². The summed E-state index contributed by atoms with van der Waals surface area (Å²) < 4.78 is 0. The molecule has 0 aliphatic heterocycles. The van der Waals surface area contributed by atoms with E-state index in [9.17, 15) is 9.90 Å². The van der Waals surface area contributed by atoms with Gasteiger partial charge in [0, 0.05) is 7.05 Å². The molecule has 0 aliphatic rings. The topological polar surface area (TPSA) is 49.3 Å². The van der Waals surface area contributed by atoms with E-state index in [1.165, 1.54) is 7.05 Å². The second kappa shape index (κ2) is 4.66. The summed E-state index contributed by atoms with van der Waals surface area (Å²) in [6.45, 7) is 5.70. The maximum Gasteiger partial charge on any atom is 0.256 e. The molecule has 3 heteroatoms. The van der Waals surface area contributed by atoms with Gasteiger partial charge < -0.3 is 10.4 Å². The van der Waals surface area contributed by atoms with Gasteiger partial charge in [0.25, 0.3) is 5.91 Å². The fourth-order valence-electron chi connectivity index (χ4n) is 1.96. The van der Waals surface area contributed by atoms with Crippen molar-refractivity contribution in [1.29, 1.82) is 0 Å². The molecule has 0 radical (unpaired) electrons. The summed E-state index contributed by atoms with van der Waals surface area (Å²) in [4.78, 5) is 11.7. The first kappa shape index (κ1) is 12.7. The highest BCUT2D eigenvalue weighted by atomic mass is 16.3. The second-order valence-electron chi connectivity index (χ2n) is 4.11. The van der Waals surface area contributed by atoms with Crippen LogP contribution in [0.25, 0.3) is 0 Å². The van der Waals surface area contributed by atoms with Gasteiger partial charge in [-0.25, -0.2) is 0 Å². The number of hydrogen-bond donors (Lipinski definition) is 2. The molecule has 0 fully saturated rings. The molecule has 2 N–H and O–H groups in total. The van der Waals surface area contributed by atoms with E-state index in [2.05, 4.69) is 5.32 Å². The SMILES string of the molecule is CCC(O)(C(=O)NC)c1ccc(C)cc1C. The molecule has 0 saturated carbocycles. The Morgan fingerprint density at radius 1 is 1.44 bits per heavy atom. The number of carbonyl (C=O) groups excluding carboxylic acids is 1. The molecule has 1 aromatic carbocycles. The van der Waals surface area contributed by atoms with Gasteiger partial charge in [0.1, 0.15) is 0 Å². The quantitative estimate of drug-likeness (QED) is 0.815. The van der Waals surface area contributed by atoms with E-state index in [-0.39, 0.29) is 5.91 Å². The first-order valence-corrected chi connectivity index (χ1v) is 5.48. The van der Waals surface area contributed by atoms with Crippen LogP contribution < -0.4 is 5.32 Å². The van der Waals surface area contributed by atoms with Crippen molar-refractivity contribution < 1.29 is 9.90 Å². The zero-order valence-corrected chi connectivity index (χ0v) is 10.3. The zero-order valence-electron chi connectivity index (χ0n) is 10.3. The summed E-state index contributed by atoms with van der Waals surface area (Å²) in [5.41, 5.74) is 1.32. The van der Waals surface area contributed by atoms with E-state index in [1.807, 2.05) is 32.0 Å². The third-order valence-electron chi connectivity index (χ3n) is 2.94. The van der Waals surface area contributed by atoms with Crippen LogP contribution in [-0.2, 0) is 10.4 Å². The van der Waals surface area contributed by atoms with Gasteiger partial charge in [-0.15, -0.1) is 0 Å². The summed E-state index contributed by atoms with van der Waals surface area (Å²) in [5, 5.41) is 12.9. The highest BCUT2D eigenvalue weighted by molar-refractivity contribution is 5.86. The highest BCUT2D eigenvalue weighted by Crippen LogP contribution is 2.28. The molecule has 0 spiro atoms. The summed E-state index contributed by atoms with van der Waals surface area (Å²) in [5.74, 6) is -0.359. The largest absolute Gasteiger partial charge is 0.375 e. The van der Waals surface area contributed by atoms with Crippen LogP contribution in [-0.4, -0.2) is 18.1 Å². The Labute approximate surface area is 96.5 Å². The molecule has 1 atom stereocenters. The number of rotatable bonds is 3. The standard InChI is InChI=1S/C13H19NO2/c1-5-13(16,12(15)14-4)11-7-6-9(2)8-10(11)3/h6-8,16H,5H2,1-4H3,(H,14,15). The van der Waals surface area contributed by atoms with Crippen LogP contribution in [0.1, 0.15) is 30.0 Å². The first-order chi connectivity index (χ1) is 7.45. The van der Waals surface area contributed by atoms with Crippen LogP contribution in [0.2, 0.25) is 0 Å². The van der Waals surface area contributed by atoms with Gasteiger partial charge in [-0.1, -0.05) is 30.7 Å². The fourth-order valence-corrected chi connectivity index (χ4v) is 1.96. The minimum absolute atomic E-state index is 0.358. The molecule has 0 aromatic heterocycles. The van der Waals surface area contributed by atoms with Crippen LogP contribution >= 0.6 is 0 Å². The Morgan fingerprint density at radius 3 is 2.50 bits per heavy atom. The molecule has 1 aromatic rings. The van der Waals surface area contributed by atoms with Crippen LogP contribution in [0.3, 0.4) is 0 Å². The van der Waals surface area contributed by atoms with Crippen molar-refractivity contribution in [2.75, 3.05) is 7.05 Å². The van der Waals surface area contributed by atoms with Crippen molar-refractivity contribution in [2.24, 2.45) is 0 Å². The Balaban J connectivity index is 3.28. The van der Waals surface area contributed by atoms with Gasteiger partial charge in [0.05, 0.1) is 0 Å². The Morgan fingerprint density at radius 2 is 2.06 bits per heavy atom. The smallest absolute Gasteiger partial charge is 0.256 e. The maximum atomic E-state index is 11.7. The van der Waals surface area contributed by atoms with E-state index in [0.29, 0.717) is 12.0 Å². The lowest BCUT2D eigenvalue weighted by atomic mass is 9.86. The van der Waals surface area contributed by atoms with Crippen LogP contribution in [0.15, 0.2) is 18.2 Å². The van der Waals surface area contributed by atoms with Gasteiger partial charge in [0.2, 0.25) is 0 Å². The average molecular weight is 221 g/mol. The Kier molecular flexibility index (Phi) is 3.70. The minimum Gasteiger partial charge on any atom is -0.375 e. The van der Waals surface area contributed by atoms with Gasteiger partial charge in [-0.3, -0.25) is 4.79 Å². The van der Waals surface area contributed by atoms with Crippen LogP contribution in [0, 0.1) is 13.8 Å². The molecule has 0 aliphatic carbocycles. The lowest BCUT2D eigenvalue weighted by Crippen LogP contribution is -2.43. The lowest BCUT2D eigenvalue weighted by Gasteiger charge is -2.27. The highest BCUT2D eigenvalue weighted by Gasteiger charge is 2.36. The molecular formula is C13H19NO2. The Bertz CT molecular complexity index is 401. The number of benzene rings is 1. The molecule has 16 heavy (non-hydrogen) atoms. The third kappa shape index (κ3) is 2.09. The van der Waals surface area contributed by atoms with Crippen LogP contribution in [0.4, 0.5) is 0 Å². The molecule has 0 saturated heterocycles. The number of hydrogen-bond acceptors (Lipinski definition) is 2. The maximum absolute atomic E-state index is 11.7. The van der Waals surface area contributed by atoms with E-state index >= 15 is 0 Å². The monoisotopic (exact) mass is 221 g/mol. The summed E-state index contributed by atoms with van der Waals surface area (Å²) in [7, 11) is 1.53. The van der Waals surface area contributed by atoms with Crippen molar-refractivity contribution in [3.8, 4) is 0 Å². The first-order valence-electron chi connectivity index (χ1n) is 5.48. The predicted molar refractivity (Wildman–Crippen MR) is 64.2 cm³/mol. The van der Waals surface area contributed by atoms with Crippen molar-refractivity contribution in [3.63, 3.8) is 0 Å². The number of carbonyl (C=O) groups is 1. The van der Waals surface area contributed by atoms with Crippen molar-refractivity contribution in [3.05, 3.63) is 34.9 Å². The van der Waals surface area contributed by atoms with Gasteiger partial charge in [-0.2, -0.15) is 0 Å². The second-order valence-corrected chi connectivity index (χ2v) is 4.11. The molecular weight excluding hydrogens is 202 g/mol.